The maximum atomic E-state index is 13.3. The van der Waals surface area contributed by atoms with Gasteiger partial charge in [-0.05, 0) is 77.0 Å². The Balaban J connectivity index is 2.55. The molecular weight excluding hydrogens is 342 g/mol. The predicted octanol–water partition coefficient (Wildman–Crippen LogP) is 4.38. The Labute approximate surface area is 106 Å². The van der Waals surface area contributed by atoms with E-state index in [1.54, 1.807) is 12.1 Å². The lowest BCUT2D eigenvalue weighted by Gasteiger charge is -2.07. The molecule has 1 aliphatic carbocycles. The molecule has 0 nitrogen and oxygen atoms in total. The third kappa shape index (κ3) is 1.29. The van der Waals surface area contributed by atoms with E-state index in [-0.39, 0.29) is 11.6 Å². The number of hydrogen-bond donors (Lipinski definition) is 0. The molecule has 0 fully saturated rings. The highest BCUT2D eigenvalue weighted by Gasteiger charge is 2.09. The van der Waals surface area contributed by atoms with Gasteiger partial charge in [0.15, 0.2) is 0 Å². The zero-order chi connectivity index (χ0) is 11.4. The smallest absolute Gasteiger partial charge is 0.138 e. The van der Waals surface area contributed by atoms with Crippen molar-refractivity contribution in [3.63, 3.8) is 0 Å². The maximum Gasteiger partial charge on any atom is 0.138 e. The van der Waals surface area contributed by atoms with Gasteiger partial charge in [0.25, 0.3) is 0 Å². The van der Waals surface area contributed by atoms with E-state index in [1.165, 1.54) is 12.1 Å². The molecule has 0 aromatic heterocycles. The summed E-state index contributed by atoms with van der Waals surface area (Å²) in [5.74, 6) is -0.602. The van der Waals surface area contributed by atoms with Crippen LogP contribution < -0.4 is 0 Å². The van der Waals surface area contributed by atoms with Gasteiger partial charge < -0.3 is 0 Å². The Hall–Kier alpha value is -0.740. The second kappa shape index (κ2) is 3.37. The normalized spacial score (nSPS) is 11.8. The number of halogens is 4. The van der Waals surface area contributed by atoms with Gasteiger partial charge in [-0.1, -0.05) is 0 Å². The molecule has 0 atom stereocenters. The lowest BCUT2D eigenvalue weighted by Crippen LogP contribution is -1.95. The summed E-state index contributed by atoms with van der Waals surface area (Å²) in [6, 6.07) is 6.29. The molecule has 0 heterocycles. The van der Waals surface area contributed by atoms with E-state index in [1.807, 2.05) is 0 Å². The van der Waals surface area contributed by atoms with Gasteiger partial charge in [0.2, 0.25) is 0 Å². The molecule has 4 heteroatoms. The Kier molecular flexibility index (Phi) is 2.20. The molecule has 0 saturated carbocycles. The molecule has 3 rings (SSSR count). The summed E-state index contributed by atoms with van der Waals surface area (Å²) in [6.07, 6.45) is 0. The molecule has 0 bridgehead atoms. The van der Waals surface area contributed by atoms with Crippen molar-refractivity contribution in [1.82, 2.24) is 0 Å². The van der Waals surface area contributed by atoms with Gasteiger partial charge in [-0.3, -0.25) is 0 Å². The van der Waals surface area contributed by atoms with Crippen molar-refractivity contribution in [2.24, 2.45) is 0 Å². The fourth-order valence-corrected chi connectivity index (χ4v) is 2.61. The molecule has 0 radical (unpaired) electrons. The van der Waals surface area contributed by atoms with Crippen LogP contribution >= 0.6 is 31.9 Å². The molecule has 16 heavy (non-hydrogen) atoms. The zero-order valence-corrected chi connectivity index (χ0v) is 11.0. The van der Waals surface area contributed by atoms with Crippen LogP contribution in [0.4, 0.5) is 8.78 Å². The Morgan fingerprint density at radius 1 is 0.625 bits per heavy atom. The summed E-state index contributed by atoms with van der Waals surface area (Å²) < 4.78 is 27.5. The standard InChI is InChI=1S/C12H4Br2F2/c13-9-1-5-7(3-11(9)15)6-2-10(14)12(16)4-8(5)6/h1-4H. The highest BCUT2D eigenvalue weighted by molar-refractivity contribution is 9.10. The molecule has 0 saturated heterocycles. The lowest BCUT2D eigenvalue weighted by molar-refractivity contribution is 0.616. The molecule has 0 aliphatic heterocycles. The minimum Gasteiger partial charge on any atom is -0.206 e. The van der Waals surface area contributed by atoms with E-state index < -0.39 is 0 Å². The molecular formula is C12H4Br2F2. The van der Waals surface area contributed by atoms with Crippen LogP contribution in [0.15, 0.2) is 33.2 Å². The van der Waals surface area contributed by atoms with Crippen LogP contribution in [-0.4, -0.2) is 0 Å². The van der Waals surface area contributed by atoms with Gasteiger partial charge in [0.05, 0.1) is 8.95 Å². The fourth-order valence-electron chi connectivity index (χ4n) is 1.92. The van der Waals surface area contributed by atoms with E-state index in [2.05, 4.69) is 31.9 Å². The number of fused-ring (bicyclic) bond motifs is 2. The number of hydrogen-bond acceptors (Lipinski definition) is 0. The summed E-state index contributed by atoms with van der Waals surface area (Å²) in [5.41, 5.74) is 0. The van der Waals surface area contributed by atoms with Gasteiger partial charge in [-0.2, -0.15) is 0 Å². The van der Waals surface area contributed by atoms with Gasteiger partial charge in [-0.15, -0.1) is 0 Å². The van der Waals surface area contributed by atoms with Gasteiger partial charge in [0.1, 0.15) is 11.6 Å². The molecule has 0 spiro atoms. The van der Waals surface area contributed by atoms with Crippen molar-refractivity contribution >= 4 is 31.9 Å². The second-order valence-corrected chi connectivity index (χ2v) is 5.33. The summed E-state index contributed by atoms with van der Waals surface area (Å²) in [6.45, 7) is 0. The van der Waals surface area contributed by atoms with E-state index in [4.69, 9.17) is 0 Å². The van der Waals surface area contributed by atoms with E-state index >= 15 is 0 Å². The molecule has 0 N–H and O–H groups in total. The third-order valence-corrected chi connectivity index (χ3v) is 3.92. The first kappa shape index (κ1) is 10.4. The first-order valence-electron chi connectivity index (χ1n) is 4.57. The largest absolute Gasteiger partial charge is 0.206 e. The van der Waals surface area contributed by atoms with Crippen LogP contribution in [-0.2, 0) is 0 Å². The molecule has 2 aromatic carbocycles. The summed E-state index contributed by atoms with van der Waals surface area (Å²) in [5, 5.41) is 3.43. The van der Waals surface area contributed by atoms with Crippen molar-refractivity contribution in [2.45, 2.75) is 0 Å². The molecule has 2 aromatic rings. The van der Waals surface area contributed by atoms with Crippen molar-refractivity contribution in [3.05, 3.63) is 65.7 Å². The average Bonchev–Trinajstić information content (AvgIpc) is 2.26. The van der Waals surface area contributed by atoms with Crippen LogP contribution in [0.5, 0.6) is 0 Å². The highest BCUT2D eigenvalue weighted by Crippen LogP contribution is 2.24. The maximum absolute atomic E-state index is 13.3. The summed E-state index contributed by atoms with van der Waals surface area (Å²) >= 11 is 6.24. The minimum atomic E-state index is -0.301. The zero-order valence-electron chi connectivity index (χ0n) is 7.82. The third-order valence-electron chi connectivity index (χ3n) is 2.70. The highest BCUT2D eigenvalue weighted by atomic mass is 79.9. The predicted molar refractivity (Wildman–Crippen MR) is 63.5 cm³/mol. The monoisotopic (exact) mass is 344 g/mol. The van der Waals surface area contributed by atoms with Crippen molar-refractivity contribution in [3.8, 4) is 0 Å². The Morgan fingerprint density at radius 3 is 1.31 bits per heavy atom. The molecule has 0 amide bonds. The first-order valence-corrected chi connectivity index (χ1v) is 6.15. The van der Waals surface area contributed by atoms with Gasteiger partial charge in [0, 0.05) is 0 Å². The van der Waals surface area contributed by atoms with Crippen LogP contribution in [0.25, 0.3) is 0 Å². The van der Waals surface area contributed by atoms with Crippen LogP contribution in [0, 0.1) is 32.5 Å². The SMILES string of the molecule is Fc1cc2c(cc1Br)=c1cc(F)c(Br)cc1=2. The van der Waals surface area contributed by atoms with Crippen molar-refractivity contribution in [1.29, 1.82) is 0 Å². The number of benzene rings is 2. The lowest BCUT2D eigenvalue weighted by atomic mass is 10.0. The van der Waals surface area contributed by atoms with Crippen LogP contribution in [0.1, 0.15) is 0 Å². The summed E-state index contributed by atoms with van der Waals surface area (Å²) in [4.78, 5) is 0. The molecule has 1 aliphatic rings. The van der Waals surface area contributed by atoms with Crippen LogP contribution in [0.2, 0.25) is 0 Å². The average molecular weight is 346 g/mol. The quantitative estimate of drug-likeness (QED) is 0.567. The van der Waals surface area contributed by atoms with E-state index in [0.29, 0.717) is 8.95 Å². The first-order chi connectivity index (χ1) is 7.58. The Morgan fingerprint density at radius 2 is 0.938 bits per heavy atom. The fraction of sp³-hybridized carbons (Fsp3) is 0. The number of rotatable bonds is 0. The van der Waals surface area contributed by atoms with Crippen molar-refractivity contribution < 1.29 is 8.78 Å². The van der Waals surface area contributed by atoms with Crippen LogP contribution in [0.3, 0.4) is 0 Å². The van der Waals surface area contributed by atoms with Gasteiger partial charge in [-0.25, -0.2) is 8.78 Å². The van der Waals surface area contributed by atoms with E-state index in [9.17, 15) is 8.78 Å². The molecule has 0 unspecified atom stereocenters. The minimum absolute atomic E-state index is 0.301. The molecule has 80 valence electrons. The van der Waals surface area contributed by atoms with Gasteiger partial charge >= 0.3 is 0 Å². The summed E-state index contributed by atoms with van der Waals surface area (Å²) in [7, 11) is 0. The van der Waals surface area contributed by atoms with E-state index in [0.717, 1.165) is 20.9 Å². The van der Waals surface area contributed by atoms with Crippen molar-refractivity contribution in [2.75, 3.05) is 0 Å². The topological polar surface area (TPSA) is 0 Å². The second-order valence-electron chi connectivity index (χ2n) is 3.62. The Bertz CT molecular complexity index is 639.